The molecule has 0 saturated carbocycles. The molecule has 0 spiro atoms. The van der Waals surface area contributed by atoms with Crippen LogP contribution >= 0.6 is 11.3 Å². The van der Waals surface area contributed by atoms with Crippen LogP contribution < -0.4 is 0 Å². The fraction of sp³-hybridized carbons (Fsp3) is 0.278. The molecule has 0 amide bonds. The number of hydrogen-bond donors (Lipinski definition) is 1. The first kappa shape index (κ1) is 15.8. The SMILES string of the molecule is CC1CCCc2c(F)c3cc(-c4ncc(C(=O)O)s4)cc(C#N)c3n21. The van der Waals surface area contributed by atoms with Crippen molar-refractivity contribution in [3.05, 3.63) is 40.3 Å². The number of aromatic nitrogens is 2. The van der Waals surface area contributed by atoms with Gasteiger partial charge in [-0.3, -0.25) is 0 Å². The van der Waals surface area contributed by atoms with E-state index < -0.39 is 5.97 Å². The van der Waals surface area contributed by atoms with E-state index in [4.69, 9.17) is 5.11 Å². The lowest BCUT2D eigenvalue weighted by Crippen LogP contribution is -2.15. The standard InChI is InChI=1S/C18H14FN3O2S/c1-9-3-2-4-13-15(19)12-6-10(5-11(7-20)16(12)22(9)13)17-21-8-14(25-17)18(23)24/h5-6,8-9H,2-4H2,1H3,(H,23,24). The van der Waals surface area contributed by atoms with Gasteiger partial charge in [-0.1, -0.05) is 0 Å². The van der Waals surface area contributed by atoms with Crippen LogP contribution in [0.3, 0.4) is 0 Å². The lowest BCUT2D eigenvalue weighted by molar-refractivity contribution is 0.0702. The molecule has 1 atom stereocenters. The maximum atomic E-state index is 15.0. The number of aromatic carboxylic acids is 1. The van der Waals surface area contributed by atoms with Crippen molar-refractivity contribution in [3.63, 3.8) is 0 Å². The number of fused-ring (bicyclic) bond motifs is 3. The quantitative estimate of drug-likeness (QED) is 0.740. The van der Waals surface area contributed by atoms with E-state index in [-0.39, 0.29) is 16.7 Å². The second-order valence-electron chi connectivity index (χ2n) is 6.24. The van der Waals surface area contributed by atoms with Crippen molar-refractivity contribution in [2.75, 3.05) is 0 Å². The third-order valence-corrected chi connectivity index (χ3v) is 5.73. The summed E-state index contributed by atoms with van der Waals surface area (Å²) in [5.74, 6) is -1.33. The lowest BCUT2D eigenvalue weighted by atomic mass is 10.0. The van der Waals surface area contributed by atoms with Crippen molar-refractivity contribution in [1.82, 2.24) is 9.55 Å². The topological polar surface area (TPSA) is 78.9 Å². The van der Waals surface area contributed by atoms with Gasteiger partial charge in [-0.2, -0.15) is 5.26 Å². The van der Waals surface area contributed by atoms with Crippen molar-refractivity contribution in [2.45, 2.75) is 32.2 Å². The predicted molar refractivity (Wildman–Crippen MR) is 92.3 cm³/mol. The van der Waals surface area contributed by atoms with Gasteiger partial charge in [0.2, 0.25) is 0 Å². The smallest absolute Gasteiger partial charge is 0.347 e. The minimum Gasteiger partial charge on any atom is -0.477 e. The van der Waals surface area contributed by atoms with E-state index in [2.05, 4.69) is 11.1 Å². The van der Waals surface area contributed by atoms with Crippen molar-refractivity contribution in [2.24, 2.45) is 0 Å². The van der Waals surface area contributed by atoms with Crippen molar-refractivity contribution in [1.29, 1.82) is 5.26 Å². The first-order chi connectivity index (χ1) is 12.0. The van der Waals surface area contributed by atoms with Gasteiger partial charge in [0.25, 0.3) is 0 Å². The largest absolute Gasteiger partial charge is 0.477 e. The van der Waals surface area contributed by atoms with Crippen LogP contribution in [0.5, 0.6) is 0 Å². The number of rotatable bonds is 2. The Balaban J connectivity index is 1.99. The molecule has 7 heteroatoms. The van der Waals surface area contributed by atoms with Gasteiger partial charge in [-0.15, -0.1) is 11.3 Å². The molecule has 4 rings (SSSR count). The molecule has 0 aliphatic carbocycles. The second kappa shape index (κ2) is 5.67. The van der Waals surface area contributed by atoms with Gasteiger partial charge in [-0.05, 0) is 38.3 Å². The maximum absolute atomic E-state index is 15.0. The Morgan fingerprint density at radius 2 is 2.32 bits per heavy atom. The summed E-state index contributed by atoms with van der Waals surface area (Å²) in [7, 11) is 0. The molecular weight excluding hydrogens is 341 g/mol. The molecular formula is C18H14FN3O2S. The monoisotopic (exact) mass is 355 g/mol. The molecule has 0 saturated heterocycles. The number of carbonyl (C=O) groups is 1. The van der Waals surface area contributed by atoms with Crippen LogP contribution in [0.15, 0.2) is 18.3 Å². The van der Waals surface area contributed by atoms with Gasteiger partial charge in [0.15, 0.2) is 5.82 Å². The number of thiazole rings is 1. The van der Waals surface area contributed by atoms with Crippen LogP contribution in [0.2, 0.25) is 0 Å². The second-order valence-corrected chi connectivity index (χ2v) is 7.27. The van der Waals surface area contributed by atoms with E-state index in [9.17, 15) is 14.4 Å². The average molecular weight is 355 g/mol. The highest BCUT2D eigenvalue weighted by molar-refractivity contribution is 7.16. The predicted octanol–water partition coefficient (Wildman–Crippen LogP) is 4.37. The van der Waals surface area contributed by atoms with Gasteiger partial charge in [-0.25, -0.2) is 14.2 Å². The molecule has 0 fully saturated rings. The van der Waals surface area contributed by atoms with Crippen molar-refractivity contribution < 1.29 is 14.3 Å². The molecule has 2 aromatic heterocycles. The molecule has 0 bridgehead atoms. The molecule has 1 aromatic carbocycles. The van der Waals surface area contributed by atoms with Crippen LogP contribution in [-0.2, 0) is 6.42 Å². The fourth-order valence-corrected chi connectivity index (χ4v) is 4.33. The third kappa shape index (κ3) is 2.33. The highest BCUT2D eigenvalue weighted by atomic mass is 32.1. The molecule has 5 nitrogen and oxygen atoms in total. The summed E-state index contributed by atoms with van der Waals surface area (Å²) >= 11 is 1.01. The lowest BCUT2D eigenvalue weighted by Gasteiger charge is -2.23. The fourth-order valence-electron chi connectivity index (χ4n) is 3.58. The average Bonchev–Trinajstić information content (AvgIpc) is 3.20. The van der Waals surface area contributed by atoms with E-state index in [0.29, 0.717) is 39.2 Å². The van der Waals surface area contributed by atoms with E-state index in [1.54, 1.807) is 12.1 Å². The minimum absolute atomic E-state index is 0.110. The summed E-state index contributed by atoms with van der Waals surface area (Å²) in [6.07, 6.45) is 3.82. The number of hydrogen-bond acceptors (Lipinski definition) is 4. The molecule has 3 aromatic rings. The van der Waals surface area contributed by atoms with Crippen LogP contribution in [0, 0.1) is 17.1 Å². The van der Waals surface area contributed by atoms with Gasteiger partial charge in [0.05, 0.1) is 23.0 Å². The van der Waals surface area contributed by atoms with Gasteiger partial charge >= 0.3 is 5.97 Å². The van der Waals surface area contributed by atoms with Crippen LogP contribution in [0.1, 0.15) is 46.7 Å². The summed E-state index contributed by atoms with van der Waals surface area (Å²) in [5.41, 5.74) is 2.23. The normalized spacial score (nSPS) is 16.6. The number of nitriles is 1. The molecule has 3 heterocycles. The zero-order valence-electron chi connectivity index (χ0n) is 13.4. The first-order valence-electron chi connectivity index (χ1n) is 7.97. The minimum atomic E-state index is -1.05. The van der Waals surface area contributed by atoms with Crippen molar-refractivity contribution >= 4 is 28.2 Å². The Bertz CT molecular complexity index is 1060. The molecule has 25 heavy (non-hydrogen) atoms. The number of carboxylic acids is 1. The third-order valence-electron chi connectivity index (χ3n) is 4.69. The molecule has 1 aliphatic rings. The molecule has 1 N–H and O–H groups in total. The zero-order chi connectivity index (χ0) is 17.7. The summed E-state index contributed by atoms with van der Waals surface area (Å²) in [4.78, 5) is 15.3. The van der Waals surface area contributed by atoms with E-state index in [1.807, 2.05) is 11.5 Å². The Morgan fingerprint density at radius 1 is 1.52 bits per heavy atom. The number of nitrogens with zero attached hydrogens (tertiary/aromatic N) is 3. The van der Waals surface area contributed by atoms with E-state index >= 15 is 0 Å². The molecule has 1 aliphatic heterocycles. The Labute approximate surface area is 147 Å². The molecule has 0 radical (unpaired) electrons. The maximum Gasteiger partial charge on any atom is 0.347 e. The van der Waals surface area contributed by atoms with Crippen molar-refractivity contribution in [3.8, 4) is 16.6 Å². The van der Waals surface area contributed by atoms with Gasteiger partial charge in [0, 0.05) is 17.0 Å². The Hall–Kier alpha value is -2.72. The summed E-state index contributed by atoms with van der Waals surface area (Å²) in [6.45, 7) is 2.04. The van der Waals surface area contributed by atoms with Crippen LogP contribution in [0.4, 0.5) is 4.39 Å². The summed E-state index contributed by atoms with van der Waals surface area (Å²) in [6, 6.07) is 5.65. The number of benzene rings is 1. The number of carboxylic acid groups (broad SMARTS) is 1. The van der Waals surface area contributed by atoms with Gasteiger partial charge < -0.3 is 9.67 Å². The van der Waals surface area contributed by atoms with E-state index in [0.717, 1.165) is 24.2 Å². The highest BCUT2D eigenvalue weighted by Gasteiger charge is 2.26. The first-order valence-corrected chi connectivity index (χ1v) is 8.78. The highest BCUT2D eigenvalue weighted by Crippen LogP contribution is 2.39. The Kier molecular flexibility index (Phi) is 3.58. The molecule has 1 unspecified atom stereocenters. The number of halogens is 1. The van der Waals surface area contributed by atoms with Gasteiger partial charge in [0.1, 0.15) is 16.0 Å². The zero-order valence-corrected chi connectivity index (χ0v) is 14.2. The Morgan fingerprint density at radius 3 is 3.00 bits per heavy atom. The van der Waals surface area contributed by atoms with Crippen LogP contribution in [-0.4, -0.2) is 20.6 Å². The van der Waals surface area contributed by atoms with E-state index in [1.165, 1.54) is 6.20 Å². The van der Waals surface area contributed by atoms with Crippen LogP contribution in [0.25, 0.3) is 21.5 Å². The summed E-state index contributed by atoms with van der Waals surface area (Å²) < 4.78 is 16.9. The summed E-state index contributed by atoms with van der Waals surface area (Å²) in [5, 5.41) is 19.5. The molecule has 126 valence electrons.